The van der Waals surface area contributed by atoms with Crippen molar-refractivity contribution in [3.05, 3.63) is 48.0 Å². The van der Waals surface area contributed by atoms with Crippen LogP contribution >= 0.6 is 22.7 Å². The van der Waals surface area contributed by atoms with E-state index in [9.17, 15) is 0 Å². The minimum atomic E-state index is 1.24. The van der Waals surface area contributed by atoms with Crippen molar-refractivity contribution >= 4 is 52.2 Å². The van der Waals surface area contributed by atoms with Crippen LogP contribution in [0, 0.1) is 0 Å². The van der Waals surface area contributed by atoms with E-state index in [1.807, 2.05) is 22.7 Å². The Kier molecular flexibility index (Phi) is 23.4. The van der Waals surface area contributed by atoms with Gasteiger partial charge in [-0.25, -0.2) is 0 Å². The van der Waals surface area contributed by atoms with Gasteiger partial charge in [-0.3, -0.25) is 0 Å². The SMILES string of the molecule is CCCCCCCCCCCCCCCCCCCCCCCCCCCCCCCCCCCc1ccc2c(c1)sc1c3ccccc3sc21. The summed E-state index contributed by atoms with van der Waals surface area (Å²) in [7, 11) is 0. The fourth-order valence-corrected chi connectivity index (χ4v) is 11.0. The summed E-state index contributed by atoms with van der Waals surface area (Å²) >= 11 is 3.95. The van der Waals surface area contributed by atoms with E-state index in [0.717, 1.165) is 0 Å². The Morgan fingerprint density at radius 3 is 1.08 bits per heavy atom. The normalized spacial score (nSPS) is 11.9. The first-order chi connectivity index (χ1) is 25.4. The van der Waals surface area contributed by atoms with Crippen LogP contribution in [0.1, 0.15) is 224 Å². The van der Waals surface area contributed by atoms with Gasteiger partial charge in [0.05, 0.1) is 9.40 Å². The molecule has 0 unspecified atom stereocenters. The predicted octanol–water partition coefficient (Wildman–Crippen LogP) is 18.7. The van der Waals surface area contributed by atoms with Gasteiger partial charge < -0.3 is 0 Å². The molecular weight excluding hydrogens is 653 g/mol. The molecule has 2 heteroatoms. The molecule has 2 aromatic carbocycles. The lowest BCUT2D eigenvalue weighted by molar-refractivity contribution is 0.511. The number of fused-ring (bicyclic) bond motifs is 5. The maximum atomic E-state index is 2.48. The zero-order valence-corrected chi connectivity index (χ0v) is 35.0. The van der Waals surface area contributed by atoms with Crippen LogP contribution in [0.5, 0.6) is 0 Å². The van der Waals surface area contributed by atoms with Crippen molar-refractivity contribution in [2.75, 3.05) is 0 Å². The summed E-state index contributed by atoms with van der Waals surface area (Å²) in [4.78, 5) is 0. The van der Waals surface area contributed by atoms with Crippen LogP contribution in [0.4, 0.5) is 0 Å². The minimum Gasteiger partial charge on any atom is -0.134 e. The maximum Gasteiger partial charge on any atom is 0.0542 e. The van der Waals surface area contributed by atoms with Gasteiger partial charge in [0, 0.05) is 20.2 Å². The first-order valence-electron chi connectivity index (χ1n) is 22.7. The molecule has 4 aromatic rings. The molecule has 0 amide bonds. The number of hydrogen-bond donors (Lipinski definition) is 0. The van der Waals surface area contributed by atoms with Crippen LogP contribution in [-0.4, -0.2) is 0 Å². The van der Waals surface area contributed by atoms with E-state index in [2.05, 4.69) is 49.4 Å². The molecule has 2 aromatic heterocycles. The van der Waals surface area contributed by atoms with Gasteiger partial charge in [0.15, 0.2) is 0 Å². The summed E-state index contributed by atoms with van der Waals surface area (Å²) in [6.45, 7) is 2.31. The highest BCUT2D eigenvalue weighted by Gasteiger charge is 2.12. The van der Waals surface area contributed by atoms with Crippen LogP contribution in [0.25, 0.3) is 29.6 Å². The second kappa shape index (κ2) is 28.1. The number of hydrogen-bond acceptors (Lipinski definition) is 2. The zero-order chi connectivity index (χ0) is 35.4. The molecule has 286 valence electrons. The Hall–Kier alpha value is -1.38. The molecule has 4 rings (SSSR count). The molecule has 0 nitrogen and oxygen atoms in total. The molecule has 0 atom stereocenters. The minimum absolute atomic E-state index is 1.24. The highest BCUT2D eigenvalue weighted by molar-refractivity contribution is 7.36. The Morgan fingerprint density at radius 1 is 0.333 bits per heavy atom. The lowest BCUT2D eigenvalue weighted by Gasteiger charge is -2.05. The summed E-state index contributed by atoms with van der Waals surface area (Å²) in [6.07, 6.45) is 49.6. The quantitative estimate of drug-likeness (QED) is 0.0420. The third-order valence-corrected chi connectivity index (χ3v) is 14.1. The second-order valence-corrected chi connectivity index (χ2v) is 18.4. The fraction of sp³-hybridized carbons (Fsp3) is 0.714. The number of thiophene rings is 2. The Morgan fingerprint density at radius 2 is 0.667 bits per heavy atom. The Bertz CT molecular complexity index is 1390. The van der Waals surface area contributed by atoms with Crippen molar-refractivity contribution < 1.29 is 0 Å². The number of benzene rings is 2. The molecule has 0 spiro atoms. The van der Waals surface area contributed by atoms with Crippen molar-refractivity contribution in [2.45, 2.75) is 225 Å². The van der Waals surface area contributed by atoms with Gasteiger partial charge >= 0.3 is 0 Å². The van der Waals surface area contributed by atoms with E-state index in [4.69, 9.17) is 0 Å². The van der Waals surface area contributed by atoms with Crippen molar-refractivity contribution in [3.63, 3.8) is 0 Å². The molecule has 0 saturated carbocycles. The molecule has 51 heavy (non-hydrogen) atoms. The molecule has 0 aliphatic carbocycles. The summed E-state index contributed by atoms with van der Waals surface area (Å²) in [5.41, 5.74) is 1.53. The summed E-state index contributed by atoms with van der Waals surface area (Å²) in [5, 5.41) is 2.90. The molecule has 0 fully saturated rings. The average molecular weight is 731 g/mol. The van der Waals surface area contributed by atoms with E-state index in [0.29, 0.717) is 0 Å². The predicted molar refractivity (Wildman–Crippen MR) is 236 cm³/mol. The molecule has 0 aliphatic heterocycles. The third-order valence-electron chi connectivity index (χ3n) is 11.6. The molecule has 0 bridgehead atoms. The van der Waals surface area contributed by atoms with Crippen LogP contribution in [0.2, 0.25) is 0 Å². The van der Waals surface area contributed by atoms with Crippen LogP contribution < -0.4 is 0 Å². The molecule has 2 heterocycles. The van der Waals surface area contributed by atoms with Gasteiger partial charge in [-0.15, -0.1) is 22.7 Å². The van der Waals surface area contributed by atoms with E-state index in [1.165, 1.54) is 253 Å². The van der Waals surface area contributed by atoms with Crippen molar-refractivity contribution in [3.8, 4) is 0 Å². The number of rotatable bonds is 34. The first kappa shape index (κ1) is 42.4. The van der Waals surface area contributed by atoms with Gasteiger partial charge in [0.1, 0.15) is 0 Å². The topological polar surface area (TPSA) is 0 Å². The standard InChI is InChI=1S/C49H78S2/c1-2-3-4-5-6-7-8-9-10-11-12-13-14-15-16-17-18-19-20-21-22-23-24-25-26-27-28-29-30-31-32-33-34-37-43-40-41-45-47(42-43)51-48-44-38-35-36-39-46(44)50-49(45)48/h35-36,38-42H,2-34,37H2,1H3. The second-order valence-electron chi connectivity index (χ2n) is 16.3. The summed E-state index contributed by atoms with van der Waals surface area (Å²) in [5.74, 6) is 0. The summed E-state index contributed by atoms with van der Waals surface area (Å²) < 4.78 is 5.87. The largest absolute Gasteiger partial charge is 0.134 e. The maximum absolute atomic E-state index is 2.48. The molecular formula is C49H78S2. The third kappa shape index (κ3) is 17.5. The zero-order valence-electron chi connectivity index (χ0n) is 33.4. The van der Waals surface area contributed by atoms with Crippen LogP contribution in [0.3, 0.4) is 0 Å². The van der Waals surface area contributed by atoms with E-state index < -0.39 is 0 Å². The van der Waals surface area contributed by atoms with Crippen molar-refractivity contribution in [1.82, 2.24) is 0 Å². The van der Waals surface area contributed by atoms with Gasteiger partial charge in [-0.05, 0) is 30.5 Å². The van der Waals surface area contributed by atoms with E-state index in [-0.39, 0.29) is 0 Å². The lowest BCUT2D eigenvalue weighted by atomic mass is 10.0. The van der Waals surface area contributed by atoms with Gasteiger partial charge in [-0.1, -0.05) is 243 Å². The fourth-order valence-electron chi connectivity index (χ4n) is 8.29. The number of unbranched alkanes of at least 4 members (excludes halogenated alkanes) is 32. The van der Waals surface area contributed by atoms with Crippen molar-refractivity contribution in [2.24, 2.45) is 0 Å². The highest BCUT2D eigenvalue weighted by Crippen LogP contribution is 2.44. The Balaban J connectivity index is 0.816. The number of aryl methyl sites for hydroxylation is 1. The van der Waals surface area contributed by atoms with Crippen LogP contribution in [-0.2, 0) is 6.42 Å². The Labute approximate surface area is 324 Å². The average Bonchev–Trinajstić information content (AvgIpc) is 3.69. The highest BCUT2D eigenvalue weighted by atomic mass is 32.1. The van der Waals surface area contributed by atoms with E-state index >= 15 is 0 Å². The molecule has 0 N–H and O–H groups in total. The monoisotopic (exact) mass is 731 g/mol. The molecule has 0 radical (unpaired) electrons. The molecule has 0 aliphatic rings. The first-order valence-corrected chi connectivity index (χ1v) is 24.3. The lowest BCUT2D eigenvalue weighted by Crippen LogP contribution is -1.87. The van der Waals surface area contributed by atoms with Gasteiger partial charge in [0.2, 0.25) is 0 Å². The molecule has 0 saturated heterocycles. The summed E-state index contributed by atoms with van der Waals surface area (Å²) in [6, 6.07) is 16.1. The van der Waals surface area contributed by atoms with Crippen molar-refractivity contribution in [1.29, 1.82) is 0 Å². The van der Waals surface area contributed by atoms with Gasteiger partial charge in [-0.2, -0.15) is 0 Å². The van der Waals surface area contributed by atoms with E-state index in [1.54, 1.807) is 0 Å². The van der Waals surface area contributed by atoms with Gasteiger partial charge in [0.25, 0.3) is 0 Å². The smallest absolute Gasteiger partial charge is 0.0542 e. The van der Waals surface area contributed by atoms with Crippen LogP contribution in [0.15, 0.2) is 42.5 Å².